The molecular formula is C15H26N2OS. The lowest BCUT2D eigenvalue weighted by Crippen LogP contribution is -2.33. The van der Waals surface area contributed by atoms with Crippen LogP contribution in [0.1, 0.15) is 35.4 Å². The number of likely N-dealkylation sites (tertiary alicyclic amines) is 1. The van der Waals surface area contributed by atoms with Gasteiger partial charge in [-0.2, -0.15) is 0 Å². The maximum absolute atomic E-state index is 9.25. The molecule has 2 rings (SSSR count). The number of thiophene rings is 1. The Bertz CT molecular complexity index is 367. The number of hydrogen-bond acceptors (Lipinski definition) is 4. The predicted molar refractivity (Wildman–Crippen MR) is 81.7 cm³/mol. The van der Waals surface area contributed by atoms with Gasteiger partial charge in [-0.3, -0.25) is 4.90 Å². The summed E-state index contributed by atoms with van der Waals surface area (Å²) < 4.78 is 0. The van der Waals surface area contributed by atoms with Gasteiger partial charge in [-0.05, 0) is 64.4 Å². The SMILES string of the molecule is Cc1ccc(CNCCCCN2CCCC2CO)s1. The Morgan fingerprint density at radius 3 is 3.05 bits per heavy atom. The van der Waals surface area contributed by atoms with Crippen LogP contribution in [0.4, 0.5) is 0 Å². The lowest BCUT2D eigenvalue weighted by Gasteiger charge is -2.22. The third kappa shape index (κ3) is 4.88. The third-order valence-corrected chi connectivity index (χ3v) is 4.85. The summed E-state index contributed by atoms with van der Waals surface area (Å²) in [5, 5.41) is 12.8. The summed E-state index contributed by atoms with van der Waals surface area (Å²) >= 11 is 1.88. The highest BCUT2D eigenvalue weighted by molar-refractivity contribution is 7.11. The summed E-state index contributed by atoms with van der Waals surface area (Å²) in [6.07, 6.45) is 4.87. The van der Waals surface area contributed by atoms with Crippen LogP contribution >= 0.6 is 11.3 Å². The first-order valence-electron chi connectivity index (χ1n) is 7.40. The van der Waals surface area contributed by atoms with E-state index in [2.05, 4.69) is 29.3 Å². The molecule has 0 spiro atoms. The van der Waals surface area contributed by atoms with Crippen molar-refractivity contribution in [2.45, 2.75) is 45.2 Å². The number of aliphatic hydroxyl groups excluding tert-OH is 1. The molecule has 0 amide bonds. The van der Waals surface area contributed by atoms with E-state index in [0.717, 1.165) is 19.6 Å². The number of aliphatic hydroxyl groups is 1. The van der Waals surface area contributed by atoms with Gasteiger partial charge in [0.25, 0.3) is 0 Å². The minimum absolute atomic E-state index is 0.329. The fourth-order valence-electron chi connectivity index (χ4n) is 2.75. The first kappa shape index (κ1) is 15.0. The molecule has 0 bridgehead atoms. The van der Waals surface area contributed by atoms with Crippen LogP contribution < -0.4 is 5.32 Å². The molecule has 1 saturated heterocycles. The Morgan fingerprint density at radius 1 is 1.42 bits per heavy atom. The molecule has 0 aromatic carbocycles. The van der Waals surface area contributed by atoms with E-state index < -0.39 is 0 Å². The van der Waals surface area contributed by atoms with Gasteiger partial charge in [0, 0.05) is 22.3 Å². The minimum Gasteiger partial charge on any atom is -0.395 e. The molecule has 0 saturated carbocycles. The number of hydrogen-bond donors (Lipinski definition) is 2. The average molecular weight is 282 g/mol. The van der Waals surface area contributed by atoms with Crippen molar-refractivity contribution < 1.29 is 5.11 Å². The smallest absolute Gasteiger partial charge is 0.0586 e. The van der Waals surface area contributed by atoms with Crippen LogP contribution in [0.25, 0.3) is 0 Å². The zero-order valence-electron chi connectivity index (χ0n) is 11.9. The molecule has 1 aromatic rings. The second-order valence-electron chi connectivity index (χ2n) is 5.41. The van der Waals surface area contributed by atoms with E-state index in [1.165, 1.54) is 42.0 Å². The van der Waals surface area contributed by atoms with Crippen LogP contribution in [0.2, 0.25) is 0 Å². The fraction of sp³-hybridized carbons (Fsp3) is 0.733. The second-order valence-corrected chi connectivity index (χ2v) is 6.78. The molecule has 0 radical (unpaired) electrons. The minimum atomic E-state index is 0.329. The van der Waals surface area contributed by atoms with Gasteiger partial charge in [0.2, 0.25) is 0 Å². The van der Waals surface area contributed by atoms with Crippen molar-refractivity contribution in [1.29, 1.82) is 0 Å². The topological polar surface area (TPSA) is 35.5 Å². The van der Waals surface area contributed by atoms with E-state index >= 15 is 0 Å². The molecule has 1 aromatic heterocycles. The van der Waals surface area contributed by atoms with Crippen LogP contribution in [0.3, 0.4) is 0 Å². The van der Waals surface area contributed by atoms with Gasteiger partial charge in [-0.1, -0.05) is 0 Å². The number of unbranched alkanes of at least 4 members (excludes halogenated alkanes) is 1. The zero-order valence-corrected chi connectivity index (χ0v) is 12.7. The van der Waals surface area contributed by atoms with Gasteiger partial charge in [-0.25, -0.2) is 0 Å². The zero-order chi connectivity index (χ0) is 13.5. The molecule has 19 heavy (non-hydrogen) atoms. The fourth-order valence-corrected chi connectivity index (χ4v) is 3.61. The molecule has 1 atom stereocenters. The van der Waals surface area contributed by atoms with Crippen molar-refractivity contribution in [2.75, 3.05) is 26.2 Å². The Balaban J connectivity index is 1.50. The predicted octanol–water partition coefficient (Wildman–Crippen LogP) is 2.38. The number of aryl methyl sites for hydroxylation is 1. The quantitative estimate of drug-likeness (QED) is 0.719. The molecule has 2 heterocycles. The summed E-state index contributed by atoms with van der Waals surface area (Å²) in [5.74, 6) is 0. The number of nitrogens with one attached hydrogen (secondary N) is 1. The highest BCUT2D eigenvalue weighted by Crippen LogP contribution is 2.17. The molecule has 1 unspecified atom stereocenters. The van der Waals surface area contributed by atoms with Crippen molar-refractivity contribution in [3.05, 3.63) is 21.9 Å². The highest BCUT2D eigenvalue weighted by atomic mass is 32.1. The highest BCUT2D eigenvalue weighted by Gasteiger charge is 2.22. The Kier molecular flexibility index (Phi) is 6.31. The normalized spacial score (nSPS) is 20.2. The Morgan fingerprint density at radius 2 is 2.32 bits per heavy atom. The summed E-state index contributed by atoms with van der Waals surface area (Å²) in [6.45, 7) is 6.89. The van der Waals surface area contributed by atoms with E-state index in [1.54, 1.807) is 0 Å². The first-order valence-corrected chi connectivity index (χ1v) is 8.22. The Hall–Kier alpha value is -0.420. The second kappa shape index (κ2) is 8.00. The van der Waals surface area contributed by atoms with Gasteiger partial charge in [0.15, 0.2) is 0 Å². The molecule has 1 aliphatic rings. The molecule has 3 nitrogen and oxygen atoms in total. The summed E-state index contributed by atoms with van der Waals surface area (Å²) in [4.78, 5) is 5.26. The summed E-state index contributed by atoms with van der Waals surface area (Å²) in [7, 11) is 0. The Labute approximate surface area is 120 Å². The molecule has 1 fully saturated rings. The van der Waals surface area contributed by atoms with Crippen molar-refractivity contribution in [3.8, 4) is 0 Å². The standard InChI is InChI=1S/C15H26N2OS/c1-13-6-7-15(19-13)11-16-8-2-3-9-17-10-4-5-14(17)12-18/h6-7,14,16,18H,2-5,8-12H2,1H3. The van der Waals surface area contributed by atoms with E-state index in [0.29, 0.717) is 12.6 Å². The molecule has 0 aliphatic carbocycles. The van der Waals surface area contributed by atoms with Crippen LogP contribution in [0.15, 0.2) is 12.1 Å². The lowest BCUT2D eigenvalue weighted by atomic mass is 10.2. The van der Waals surface area contributed by atoms with E-state index in [4.69, 9.17) is 0 Å². The average Bonchev–Trinajstić information content (AvgIpc) is 3.02. The van der Waals surface area contributed by atoms with Gasteiger partial charge in [0.05, 0.1) is 6.61 Å². The van der Waals surface area contributed by atoms with Crippen molar-refractivity contribution in [3.63, 3.8) is 0 Å². The van der Waals surface area contributed by atoms with Gasteiger partial charge >= 0.3 is 0 Å². The molecular weight excluding hydrogens is 256 g/mol. The number of nitrogens with zero attached hydrogens (tertiary/aromatic N) is 1. The first-order chi connectivity index (χ1) is 9.29. The van der Waals surface area contributed by atoms with E-state index in [-0.39, 0.29) is 0 Å². The molecule has 2 N–H and O–H groups in total. The van der Waals surface area contributed by atoms with Crippen molar-refractivity contribution in [2.24, 2.45) is 0 Å². The van der Waals surface area contributed by atoms with E-state index in [1.807, 2.05) is 11.3 Å². The maximum Gasteiger partial charge on any atom is 0.0586 e. The number of rotatable bonds is 8. The largest absolute Gasteiger partial charge is 0.395 e. The van der Waals surface area contributed by atoms with Crippen LogP contribution in [-0.4, -0.2) is 42.3 Å². The maximum atomic E-state index is 9.25. The van der Waals surface area contributed by atoms with Gasteiger partial charge < -0.3 is 10.4 Å². The lowest BCUT2D eigenvalue weighted by molar-refractivity contribution is 0.157. The van der Waals surface area contributed by atoms with Crippen LogP contribution in [-0.2, 0) is 6.54 Å². The van der Waals surface area contributed by atoms with Crippen molar-refractivity contribution in [1.82, 2.24) is 10.2 Å². The summed E-state index contributed by atoms with van der Waals surface area (Å²) in [5.41, 5.74) is 0. The van der Waals surface area contributed by atoms with Gasteiger partial charge in [0.1, 0.15) is 0 Å². The third-order valence-electron chi connectivity index (χ3n) is 3.85. The van der Waals surface area contributed by atoms with E-state index in [9.17, 15) is 5.11 Å². The van der Waals surface area contributed by atoms with Crippen LogP contribution in [0, 0.1) is 6.92 Å². The van der Waals surface area contributed by atoms with Crippen molar-refractivity contribution >= 4 is 11.3 Å². The molecule has 1 aliphatic heterocycles. The monoisotopic (exact) mass is 282 g/mol. The summed E-state index contributed by atoms with van der Waals surface area (Å²) in [6, 6.07) is 4.83. The molecule has 4 heteroatoms. The van der Waals surface area contributed by atoms with Gasteiger partial charge in [-0.15, -0.1) is 11.3 Å². The van der Waals surface area contributed by atoms with Crippen LogP contribution in [0.5, 0.6) is 0 Å². The molecule has 108 valence electrons.